The summed E-state index contributed by atoms with van der Waals surface area (Å²) in [5, 5.41) is 0. The van der Waals surface area contributed by atoms with Crippen LogP contribution < -0.4 is 0 Å². The number of carbonyl (C=O) groups is 3. The summed E-state index contributed by atoms with van der Waals surface area (Å²) in [6, 6.07) is -0.559. The lowest BCUT2D eigenvalue weighted by Gasteiger charge is -2.15. The topological polar surface area (TPSA) is 66.9 Å². The van der Waals surface area contributed by atoms with Gasteiger partial charge in [-0.15, -0.1) is 6.42 Å². The van der Waals surface area contributed by atoms with E-state index >= 15 is 0 Å². The molecule has 8 heteroatoms. The van der Waals surface area contributed by atoms with Crippen molar-refractivity contribution in [1.29, 1.82) is 0 Å². The number of urea groups is 1. The quantitative estimate of drug-likeness (QED) is 0.428. The number of imide groups is 1. The molecular weight excluding hydrogens is 343 g/mol. The smallest absolute Gasteiger partial charge is 0.330 e. The van der Waals surface area contributed by atoms with Crippen molar-refractivity contribution in [2.75, 3.05) is 19.8 Å². The number of esters is 1. The van der Waals surface area contributed by atoms with E-state index < -0.39 is 17.9 Å². The average molecular weight is 359 g/mol. The van der Waals surface area contributed by atoms with Gasteiger partial charge in [0.15, 0.2) is 6.73 Å². The van der Waals surface area contributed by atoms with Crippen molar-refractivity contribution in [3.05, 3.63) is 10.6 Å². The molecule has 0 radical (unpaired) electrons. The number of hydrogen-bond donors (Lipinski definition) is 0. The van der Waals surface area contributed by atoms with E-state index in [-0.39, 0.29) is 41.6 Å². The van der Waals surface area contributed by atoms with E-state index in [0.29, 0.717) is 0 Å². The van der Waals surface area contributed by atoms with Crippen LogP contribution in [-0.4, -0.2) is 47.5 Å². The third-order valence-electron chi connectivity index (χ3n) is 4.21. The van der Waals surface area contributed by atoms with E-state index in [1.807, 2.05) is 13.8 Å². The standard InChI is InChI=1S/C15H16Cl2N2O4/c1-4-5-19-11(20)7-18(14(19)22)8-23-13(21)12-9(6-10(16)17)15(12,2)3/h1,6,9,12H,5,7-8H2,2-3H3. The summed E-state index contributed by atoms with van der Waals surface area (Å²) in [6.45, 7) is 3.26. The van der Waals surface area contributed by atoms with Crippen LogP contribution in [0.1, 0.15) is 13.8 Å². The Morgan fingerprint density at radius 3 is 2.70 bits per heavy atom. The fourth-order valence-corrected chi connectivity index (χ4v) is 3.02. The van der Waals surface area contributed by atoms with Crippen molar-refractivity contribution >= 4 is 41.1 Å². The molecule has 1 saturated carbocycles. The summed E-state index contributed by atoms with van der Waals surface area (Å²) < 4.78 is 5.26. The van der Waals surface area contributed by atoms with Gasteiger partial charge in [-0.05, 0) is 17.4 Å². The minimum Gasteiger partial charge on any atom is -0.444 e. The molecule has 1 saturated heterocycles. The van der Waals surface area contributed by atoms with Gasteiger partial charge in [-0.3, -0.25) is 19.4 Å². The van der Waals surface area contributed by atoms with Crippen LogP contribution in [0.5, 0.6) is 0 Å². The molecule has 124 valence electrons. The maximum atomic E-state index is 12.2. The molecule has 0 aromatic heterocycles. The van der Waals surface area contributed by atoms with E-state index in [9.17, 15) is 14.4 Å². The number of allylic oxidation sites excluding steroid dienone is 1. The first-order chi connectivity index (χ1) is 10.7. The molecule has 3 amide bonds. The lowest BCUT2D eigenvalue weighted by molar-refractivity contribution is -0.149. The number of rotatable bonds is 5. The number of halogens is 2. The van der Waals surface area contributed by atoms with Crippen LogP contribution in [0.4, 0.5) is 4.79 Å². The molecule has 0 aromatic carbocycles. The Bertz CT molecular complexity index is 619. The number of terminal acetylenes is 1. The fourth-order valence-electron chi connectivity index (χ4n) is 2.75. The van der Waals surface area contributed by atoms with Gasteiger partial charge in [0.05, 0.1) is 12.5 Å². The lowest BCUT2D eigenvalue weighted by atomic mass is 10.1. The molecule has 2 atom stereocenters. The Morgan fingerprint density at radius 1 is 1.48 bits per heavy atom. The van der Waals surface area contributed by atoms with Crippen LogP contribution in [0.2, 0.25) is 0 Å². The summed E-state index contributed by atoms with van der Waals surface area (Å²) >= 11 is 11.3. The molecule has 1 aliphatic heterocycles. The first-order valence-electron chi connectivity index (χ1n) is 6.92. The molecule has 0 bridgehead atoms. The number of carbonyl (C=O) groups excluding carboxylic acids is 3. The molecular formula is C15H16Cl2N2O4. The van der Waals surface area contributed by atoms with Crippen molar-refractivity contribution in [3.8, 4) is 12.3 Å². The summed E-state index contributed by atoms with van der Waals surface area (Å²) in [5.74, 6) is 0.868. The first-order valence-corrected chi connectivity index (χ1v) is 7.68. The molecule has 2 fully saturated rings. The molecule has 2 rings (SSSR count). The predicted molar refractivity (Wildman–Crippen MR) is 84.2 cm³/mol. The Morgan fingerprint density at radius 2 is 2.13 bits per heavy atom. The molecule has 23 heavy (non-hydrogen) atoms. The van der Waals surface area contributed by atoms with Gasteiger partial charge in [-0.1, -0.05) is 43.0 Å². The normalized spacial score (nSPS) is 25.2. The van der Waals surface area contributed by atoms with Crippen LogP contribution in [0.15, 0.2) is 10.6 Å². The van der Waals surface area contributed by atoms with Crippen LogP contribution >= 0.6 is 23.2 Å². The maximum absolute atomic E-state index is 12.2. The zero-order chi connectivity index (χ0) is 17.4. The van der Waals surface area contributed by atoms with E-state index in [0.717, 1.165) is 9.80 Å². The van der Waals surface area contributed by atoms with Crippen LogP contribution in [0.25, 0.3) is 0 Å². The highest BCUT2D eigenvalue weighted by molar-refractivity contribution is 6.55. The largest absolute Gasteiger partial charge is 0.444 e. The number of hydrogen-bond acceptors (Lipinski definition) is 4. The molecule has 0 N–H and O–H groups in total. The van der Waals surface area contributed by atoms with Crippen molar-refractivity contribution in [2.24, 2.45) is 17.3 Å². The van der Waals surface area contributed by atoms with Crippen LogP contribution in [0, 0.1) is 29.6 Å². The zero-order valence-corrected chi connectivity index (χ0v) is 14.2. The summed E-state index contributed by atoms with van der Waals surface area (Å²) in [7, 11) is 0. The Balaban J connectivity index is 1.91. The molecule has 6 nitrogen and oxygen atoms in total. The highest BCUT2D eigenvalue weighted by Crippen LogP contribution is 2.60. The summed E-state index contributed by atoms with van der Waals surface area (Å²) in [5.41, 5.74) is -0.313. The van der Waals surface area contributed by atoms with Crippen LogP contribution in [0.3, 0.4) is 0 Å². The Hall–Kier alpha value is -1.71. The Labute approximate surface area is 144 Å². The fraction of sp³-hybridized carbons (Fsp3) is 0.533. The summed E-state index contributed by atoms with van der Waals surface area (Å²) in [6.07, 6.45) is 6.71. The third-order valence-corrected chi connectivity index (χ3v) is 4.46. The second kappa shape index (κ2) is 6.42. The van der Waals surface area contributed by atoms with Crippen molar-refractivity contribution < 1.29 is 19.1 Å². The van der Waals surface area contributed by atoms with Gasteiger partial charge in [-0.25, -0.2) is 4.79 Å². The molecule has 2 aliphatic rings. The first kappa shape index (κ1) is 17.6. The van der Waals surface area contributed by atoms with Gasteiger partial charge in [0.25, 0.3) is 5.91 Å². The van der Waals surface area contributed by atoms with Crippen molar-refractivity contribution in [2.45, 2.75) is 13.8 Å². The highest BCUT2D eigenvalue weighted by Gasteiger charge is 2.61. The molecule has 1 aliphatic carbocycles. The SMILES string of the molecule is C#CCN1C(=O)CN(COC(=O)C2C(C=C(Cl)Cl)C2(C)C)C1=O. The second-order valence-electron chi connectivity index (χ2n) is 6.04. The lowest BCUT2D eigenvalue weighted by Crippen LogP contribution is -2.35. The Kier molecular flexibility index (Phi) is 4.92. The van der Waals surface area contributed by atoms with Gasteiger partial charge < -0.3 is 4.74 Å². The maximum Gasteiger partial charge on any atom is 0.330 e. The van der Waals surface area contributed by atoms with Gasteiger partial charge >= 0.3 is 12.0 Å². The molecule has 1 heterocycles. The second-order valence-corrected chi connectivity index (χ2v) is 7.05. The van der Waals surface area contributed by atoms with E-state index in [4.69, 9.17) is 34.4 Å². The minimum absolute atomic E-state index is 0.0984. The van der Waals surface area contributed by atoms with Crippen molar-refractivity contribution in [1.82, 2.24) is 9.80 Å². The van der Waals surface area contributed by atoms with Gasteiger partial charge in [0.1, 0.15) is 11.0 Å². The van der Waals surface area contributed by atoms with E-state index in [1.165, 1.54) is 0 Å². The number of amides is 3. The third kappa shape index (κ3) is 3.46. The molecule has 2 unspecified atom stereocenters. The van der Waals surface area contributed by atoms with E-state index in [1.54, 1.807) is 6.08 Å². The number of ether oxygens (including phenoxy) is 1. The van der Waals surface area contributed by atoms with Gasteiger partial charge in [0, 0.05) is 0 Å². The number of nitrogens with zero attached hydrogens (tertiary/aromatic N) is 2. The summed E-state index contributed by atoms with van der Waals surface area (Å²) in [4.78, 5) is 37.8. The van der Waals surface area contributed by atoms with E-state index in [2.05, 4.69) is 5.92 Å². The minimum atomic E-state index is -0.559. The average Bonchev–Trinajstić information content (AvgIpc) is 2.87. The molecule has 0 spiro atoms. The van der Waals surface area contributed by atoms with Gasteiger partial charge in [-0.2, -0.15) is 0 Å². The van der Waals surface area contributed by atoms with Crippen LogP contribution in [-0.2, 0) is 14.3 Å². The highest BCUT2D eigenvalue weighted by atomic mass is 35.5. The predicted octanol–water partition coefficient (Wildman–Crippen LogP) is 1.98. The van der Waals surface area contributed by atoms with Crippen molar-refractivity contribution in [3.63, 3.8) is 0 Å². The molecule has 0 aromatic rings. The monoisotopic (exact) mass is 358 g/mol. The van der Waals surface area contributed by atoms with Gasteiger partial charge in [0.2, 0.25) is 0 Å². The zero-order valence-electron chi connectivity index (χ0n) is 12.7.